The Hall–Kier alpha value is -1.74. The third-order valence-electron chi connectivity index (χ3n) is 3.64. The third-order valence-corrected chi connectivity index (χ3v) is 4.98. The zero-order valence-corrected chi connectivity index (χ0v) is 15.4. The molecule has 0 radical (unpaired) electrons. The van der Waals surface area contributed by atoms with E-state index in [9.17, 15) is 14.0 Å². The highest BCUT2D eigenvalue weighted by atomic mass is 79.9. The Morgan fingerprint density at radius 1 is 1.17 bits per heavy atom. The molecule has 0 aliphatic heterocycles. The Labute approximate surface area is 146 Å². The summed E-state index contributed by atoms with van der Waals surface area (Å²) in [5, 5.41) is 0. The van der Waals surface area contributed by atoms with Crippen molar-refractivity contribution in [3.8, 4) is 0 Å². The summed E-state index contributed by atoms with van der Waals surface area (Å²) in [7, 11) is 2.99. The number of fused-ring (bicyclic) bond motifs is 1. The molecule has 0 aliphatic carbocycles. The van der Waals surface area contributed by atoms with E-state index in [1.165, 1.54) is 23.7 Å². The van der Waals surface area contributed by atoms with Gasteiger partial charge in [-0.2, -0.15) is 0 Å². The first kappa shape index (κ1) is 16.1. The number of hydrogen-bond donors (Lipinski definition) is 0. The molecule has 1 aromatic carbocycles. The van der Waals surface area contributed by atoms with Crippen LogP contribution in [-0.4, -0.2) is 18.7 Å². The van der Waals surface area contributed by atoms with Crippen molar-refractivity contribution in [3.05, 3.63) is 59.6 Å². The van der Waals surface area contributed by atoms with Gasteiger partial charge in [-0.25, -0.2) is 14.2 Å². The van der Waals surface area contributed by atoms with Crippen molar-refractivity contribution in [1.82, 2.24) is 18.7 Å². The van der Waals surface area contributed by atoms with Gasteiger partial charge in [-0.3, -0.25) is 18.5 Å². The molecule has 3 aromatic rings. The van der Waals surface area contributed by atoms with Crippen molar-refractivity contribution in [2.45, 2.75) is 6.54 Å². The average Bonchev–Trinajstić information content (AvgIpc) is 2.83. The average molecular weight is 446 g/mol. The molecule has 0 spiro atoms. The second-order valence-electron chi connectivity index (χ2n) is 5.08. The minimum atomic E-state index is -0.458. The number of aryl methyl sites for hydroxylation is 1. The minimum absolute atomic E-state index is 0.194. The minimum Gasteiger partial charge on any atom is -0.300 e. The number of nitrogens with zero attached hydrogens (tertiary/aromatic N) is 4. The van der Waals surface area contributed by atoms with Gasteiger partial charge in [-0.1, -0.05) is 22.0 Å². The first-order valence-electron chi connectivity index (χ1n) is 6.57. The van der Waals surface area contributed by atoms with Crippen LogP contribution in [0.25, 0.3) is 11.2 Å². The van der Waals surface area contributed by atoms with Crippen LogP contribution in [-0.2, 0) is 20.6 Å². The second kappa shape index (κ2) is 5.72. The summed E-state index contributed by atoms with van der Waals surface area (Å²) in [4.78, 5) is 28.6. The fourth-order valence-corrected chi connectivity index (χ4v) is 3.37. The van der Waals surface area contributed by atoms with Crippen molar-refractivity contribution in [3.63, 3.8) is 0 Å². The third kappa shape index (κ3) is 2.57. The molecule has 0 unspecified atom stereocenters. The van der Waals surface area contributed by atoms with E-state index in [1.807, 2.05) is 0 Å². The van der Waals surface area contributed by atoms with Crippen LogP contribution in [0.4, 0.5) is 4.39 Å². The molecule has 0 saturated heterocycles. The van der Waals surface area contributed by atoms with Crippen LogP contribution in [0.3, 0.4) is 0 Å². The maximum absolute atomic E-state index is 13.2. The van der Waals surface area contributed by atoms with Gasteiger partial charge in [0.2, 0.25) is 0 Å². The quantitative estimate of drug-likeness (QED) is 0.568. The summed E-state index contributed by atoms with van der Waals surface area (Å²) in [6.45, 7) is 0.318. The number of benzene rings is 1. The van der Waals surface area contributed by atoms with Crippen LogP contribution in [0.1, 0.15) is 5.56 Å². The molecular formula is C14H11Br2FN4O2. The van der Waals surface area contributed by atoms with Crippen LogP contribution in [0.5, 0.6) is 0 Å². The maximum atomic E-state index is 13.2. The normalized spacial score (nSPS) is 11.3. The Morgan fingerprint density at radius 3 is 2.52 bits per heavy atom. The van der Waals surface area contributed by atoms with Crippen molar-refractivity contribution < 1.29 is 4.39 Å². The number of hydrogen-bond acceptors (Lipinski definition) is 3. The van der Waals surface area contributed by atoms with Crippen LogP contribution in [0, 0.1) is 5.82 Å². The molecule has 3 rings (SSSR count). The Kier molecular flexibility index (Phi) is 4.01. The molecule has 23 heavy (non-hydrogen) atoms. The van der Waals surface area contributed by atoms with Gasteiger partial charge >= 0.3 is 5.69 Å². The number of imidazole rings is 1. The van der Waals surface area contributed by atoms with Crippen molar-refractivity contribution in [1.29, 1.82) is 0 Å². The molecule has 2 heterocycles. The highest BCUT2D eigenvalue weighted by Gasteiger charge is 2.18. The standard InChI is InChI=1S/C14H11Br2FN4O2/c1-19-11-10(12(22)20(2)14(19)23)18-13(16)21(11)6-7-3-4-8(17)5-9(7)15/h3-5H,6H2,1-2H3. The summed E-state index contributed by atoms with van der Waals surface area (Å²) < 4.78 is 18.3. The van der Waals surface area contributed by atoms with E-state index in [2.05, 4.69) is 36.8 Å². The first-order chi connectivity index (χ1) is 10.8. The van der Waals surface area contributed by atoms with Crippen molar-refractivity contribution in [2.24, 2.45) is 14.1 Å². The lowest BCUT2D eigenvalue weighted by Gasteiger charge is -2.11. The topological polar surface area (TPSA) is 61.8 Å². The highest BCUT2D eigenvalue weighted by molar-refractivity contribution is 9.10. The lowest BCUT2D eigenvalue weighted by atomic mass is 10.2. The molecule has 9 heteroatoms. The van der Waals surface area contributed by atoms with E-state index < -0.39 is 11.2 Å². The van der Waals surface area contributed by atoms with Gasteiger partial charge in [0.1, 0.15) is 5.82 Å². The summed E-state index contributed by atoms with van der Waals surface area (Å²) in [6.07, 6.45) is 0. The molecule has 0 bridgehead atoms. The molecule has 0 amide bonds. The molecule has 0 aliphatic rings. The molecule has 0 atom stereocenters. The van der Waals surface area contributed by atoms with E-state index in [4.69, 9.17) is 0 Å². The molecule has 0 N–H and O–H groups in total. The van der Waals surface area contributed by atoms with Gasteiger partial charge < -0.3 is 0 Å². The largest absolute Gasteiger partial charge is 0.332 e. The van der Waals surface area contributed by atoms with E-state index in [1.54, 1.807) is 17.7 Å². The lowest BCUT2D eigenvalue weighted by Crippen LogP contribution is -2.37. The predicted octanol–water partition coefficient (Wildman–Crippen LogP) is 2.15. The van der Waals surface area contributed by atoms with E-state index in [0.29, 0.717) is 21.4 Å². The highest BCUT2D eigenvalue weighted by Crippen LogP contribution is 2.23. The Morgan fingerprint density at radius 2 is 1.87 bits per heavy atom. The lowest BCUT2D eigenvalue weighted by molar-refractivity contribution is 0.624. The smallest absolute Gasteiger partial charge is 0.300 e. The predicted molar refractivity (Wildman–Crippen MR) is 91.1 cm³/mol. The zero-order chi connectivity index (χ0) is 16.9. The van der Waals surface area contributed by atoms with Gasteiger partial charge in [0.15, 0.2) is 15.9 Å². The zero-order valence-electron chi connectivity index (χ0n) is 12.2. The van der Waals surface area contributed by atoms with Crippen molar-refractivity contribution >= 4 is 43.0 Å². The molecule has 6 nitrogen and oxygen atoms in total. The van der Waals surface area contributed by atoms with E-state index in [-0.39, 0.29) is 11.3 Å². The monoisotopic (exact) mass is 444 g/mol. The van der Waals surface area contributed by atoms with Gasteiger partial charge in [-0.15, -0.1) is 0 Å². The van der Waals surface area contributed by atoms with Gasteiger partial charge in [0.25, 0.3) is 5.56 Å². The maximum Gasteiger partial charge on any atom is 0.332 e. The molecule has 2 aromatic heterocycles. The number of rotatable bonds is 2. The van der Waals surface area contributed by atoms with Crippen LogP contribution in [0.15, 0.2) is 37.0 Å². The summed E-state index contributed by atoms with van der Waals surface area (Å²) in [5.74, 6) is -0.351. The fourth-order valence-electron chi connectivity index (χ4n) is 2.42. The fraction of sp³-hybridized carbons (Fsp3) is 0.214. The van der Waals surface area contributed by atoms with Gasteiger partial charge in [-0.05, 0) is 33.6 Å². The number of aromatic nitrogens is 4. The van der Waals surface area contributed by atoms with Crippen molar-refractivity contribution in [2.75, 3.05) is 0 Å². The van der Waals surface area contributed by atoms with E-state index >= 15 is 0 Å². The Balaban J connectivity index is 2.28. The molecule has 0 fully saturated rings. The SMILES string of the molecule is Cn1c(=O)c2nc(Br)n(Cc3ccc(F)cc3Br)c2n(C)c1=O. The summed E-state index contributed by atoms with van der Waals surface area (Å²) in [6, 6.07) is 4.35. The van der Waals surface area contributed by atoms with Crippen LogP contribution in [0.2, 0.25) is 0 Å². The summed E-state index contributed by atoms with van der Waals surface area (Å²) in [5.41, 5.74) is 0.496. The van der Waals surface area contributed by atoms with Gasteiger partial charge in [0.05, 0.1) is 6.54 Å². The second-order valence-corrected chi connectivity index (χ2v) is 6.64. The Bertz CT molecular complexity index is 1050. The summed E-state index contributed by atoms with van der Waals surface area (Å²) >= 11 is 6.64. The van der Waals surface area contributed by atoms with Crippen LogP contribution < -0.4 is 11.2 Å². The number of halogens is 3. The molecular weight excluding hydrogens is 435 g/mol. The molecule has 120 valence electrons. The first-order valence-corrected chi connectivity index (χ1v) is 8.15. The van der Waals surface area contributed by atoms with Crippen LogP contribution >= 0.6 is 31.9 Å². The van der Waals surface area contributed by atoms with E-state index in [0.717, 1.165) is 10.1 Å². The molecule has 0 saturated carbocycles. The van der Waals surface area contributed by atoms with Gasteiger partial charge in [0, 0.05) is 18.6 Å².